The molecule has 1 heterocycles. The van der Waals surface area contributed by atoms with Gasteiger partial charge in [-0.05, 0) is 47.9 Å². The lowest BCUT2D eigenvalue weighted by atomic mass is 10.1. The van der Waals surface area contributed by atoms with Crippen molar-refractivity contribution in [3.63, 3.8) is 0 Å². The maximum absolute atomic E-state index is 4.13. The fourth-order valence-corrected chi connectivity index (χ4v) is 2.12. The number of tetrazole rings is 1. The molecule has 1 radical (unpaired) electrons. The number of hydrogen-bond acceptors (Lipinski definition) is 3. The van der Waals surface area contributed by atoms with Crippen molar-refractivity contribution in [2.24, 2.45) is 0 Å². The van der Waals surface area contributed by atoms with E-state index in [1.54, 1.807) is 0 Å². The predicted molar refractivity (Wildman–Crippen MR) is 76.1 cm³/mol. The molecule has 19 heavy (non-hydrogen) atoms. The van der Waals surface area contributed by atoms with Gasteiger partial charge < -0.3 is 0 Å². The maximum Gasteiger partial charge on any atom is 0.156 e. The van der Waals surface area contributed by atoms with Crippen molar-refractivity contribution >= 4 is 0 Å². The molecule has 0 bridgehead atoms. The van der Waals surface area contributed by atoms with Crippen LogP contribution in [-0.2, 0) is 12.8 Å². The van der Waals surface area contributed by atoms with Gasteiger partial charge in [0.15, 0.2) is 5.82 Å². The third-order valence-electron chi connectivity index (χ3n) is 3.23. The van der Waals surface area contributed by atoms with Crippen molar-refractivity contribution in [1.82, 2.24) is 20.2 Å². The van der Waals surface area contributed by atoms with Crippen LogP contribution in [-0.4, -0.2) is 20.2 Å². The molecule has 1 aromatic carbocycles. The van der Waals surface area contributed by atoms with E-state index in [1.807, 2.05) is 16.8 Å². The van der Waals surface area contributed by atoms with Gasteiger partial charge in [0.05, 0.1) is 5.69 Å². The van der Waals surface area contributed by atoms with Crippen LogP contribution in [0.2, 0.25) is 0 Å². The van der Waals surface area contributed by atoms with Gasteiger partial charge in [-0.25, -0.2) is 0 Å². The van der Waals surface area contributed by atoms with Gasteiger partial charge >= 0.3 is 0 Å². The van der Waals surface area contributed by atoms with Crippen molar-refractivity contribution in [1.29, 1.82) is 0 Å². The second-order valence-electron chi connectivity index (χ2n) is 4.74. The zero-order valence-corrected chi connectivity index (χ0v) is 11.5. The first-order valence-electron chi connectivity index (χ1n) is 7.01. The van der Waals surface area contributed by atoms with E-state index in [9.17, 15) is 0 Å². The van der Waals surface area contributed by atoms with Gasteiger partial charge in [-0.3, -0.25) is 0 Å². The largest absolute Gasteiger partial charge is 0.197 e. The van der Waals surface area contributed by atoms with Gasteiger partial charge in [-0.1, -0.05) is 38.3 Å². The van der Waals surface area contributed by atoms with Gasteiger partial charge in [0.1, 0.15) is 0 Å². The molecule has 0 aliphatic heterocycles. The summed E-state index contributed by atoms with van der Waals surface area (Å²) in [6.07, 6.45) is 6.62. The lowest BCUT2D eigenvalue weighted by Crippen LogP contribution is -2.04. The first kappa shape index (κ1) is 13.7. The predicted octanol–water partition coefficient (Wildman–Crippen LogP) is 3.16. The number of benzene rings is 1. The van der Waals surface area contributed by atoms with E-state index in [2.05, 4.69) is 41.5 Å². The average molecular weight is 257 g/mol. The Labute approximate surface area is 114 Å². The first-order valence-corrected chi connectivity index (χ1v) is 7.01. The Bertz CT molecular complexity index is 504. The molecule has 0 N–H and O–H groups in total. The third-order valence-corrected chi connectivity index (χ3v) is 3.23. The maximum atomic E-state index is 4.13. The summed E-state index contributed by atoms with van der Waals surface area (Å²) in [5.74, 6) is 0.942. The van der Waals surface area contributed by atoms with Crippen LogP contribution in [0.15, 0.2) is 24.3 Å². The molecule has 101 valence electrons. The van der Waals surface area contributed by atoms with Crippen LogP contribution >= 0.6 is 0 Å². The van der Waals surface area contributed by atoms with Gasteiger partial charge in [-0.15, -0.1) is 5.10 Å². The second-order valence-corrected chi connectivity index (χ2v) is 4.74. The molecular weight excluding hydrogens is 236 g/mol. The number of hydrogen-bond donors (Lipinski definition) is 0. The Morgan fingerprint density at radius 2 is 2.11 bits per heavy atom. The highest BCUT2D eigenvalue weighted by Crippen LogP contribution is 2.13. The van der Waals surface area contributed by atoms with Crippen molar-refractivity contribution in [2.75, 3.05) is 0 Å². The summed E-state index contributed by atoms with van der Waals surface area (Å²) in [6.45, 7) is 6.13. The molecule has 4 heteroatoms. The van der Waals surface area contributed by atoms with Crippen LogP contribution in [0.5, 0.6) is 0 Å². The van der Waals surface area contributed by atoms with Gasteiger partial charge in [-0.2, -0.15) is 4.68 Å². The van der Waals surface area contributed by atoms with Crippen molar-refractivity contribution in [3.8, 4) is 5.69 Å². The number of rotatable bonds is 7. The average Bonchev–Trinajstić information content (AvgIpc) is 2.92. The van der Waals surface area contributed by atoms with E-state index in [0.29, 0.717) is 0 Å². The molecule has 1 aromatic heterocycles. The summed E-state index contributed by atoms with van der Waals surface area (Å²) in [7, 11) is 0. The Balaban J connectivity index is 2.09. The molecule has 0 atom stereocenters. The van der Waals surface area contributed by atoms with Crippen molar-refractivity contribution < 1.29 is 0 Å². The minimum absolute atomic E-state index is 0.780. The van der Waals surface area contributed by atoms with Crippen LogP contribution in [0.1, 0.15) is 44.0 Å². The normalized spacial score (nSPS) is 10.8. The van der Waals surface area contributed by atoms with E-state index in [4.69, 9.17) is 0 Å². The molecule has 0 spiro atoms. The zero-order chi connectivity index (χ0) is 13.5. The number of aryl methyl sites for hydroxylation is 1. The third kappa shape index (κ3) is 3.63. The molecule has 0 amide bonds. The lowest BCUT2D eigenvalue weighted by molar-refractivity contribution is 0.640. The summed E-state index contributed by atoms with van der Waals surface area (Å²) >= 11 is 0. The standard InChI is InChI=1S/C15H21N4/c1-3-5-6-7-11-15-16-17-18-19(15)14-10-8-9-13(4-2)12-14/h8-10,12H,2-7,11H2,1H3. The molecule has 0 fully saturated rings. The summed E-state index contributed by atoms with van der Waals surface area (Å²) in [4.78, 5) is 0. The van der Waals surface area contributed by atoms with Crippen LogP contribution in [0, 0.1) is 6.92 Å². The lowest BCUT2D eigenvalue weighted by Gasteiger charge is -2.06. The summed E-state index contributed by atoms with van der Waals surface area (Å²) in [5, 5.41) is 12.0. The molecular formula is C15H21N4. The zero-order valence-electron chi connectivity index (χ0n) is 11.5. The fraction of sp³-hybridized carbons (Fsp3) is 0.467. The molecule has 0 saturated heterocycles. The number of nitrogens with zero attached hydrogens (tertiary/aromatic N) is 4. The number of aromatic nitrogens is 4. The topological polar surface area (TPSA) is 43.6 Å². The van der Waals surface area contributed by atoms with E-state index in [0.717, 1.165) is 30.8 Å². The Morgan fingerprint density at radius 3 is 2.89 bits per heavy atom. The van der Waals surface area contributed by atoms with E-state index in [1.165, 1.54) is 24.8 Å². The second kappa shape index (κ2) is 7.02. The molecule has 4 nitrogen and oxygen atoms in total. The Hall–Kier alpha value is -1.71. The monoisotopic (exact) mass is 257 g/mol. The molecule has 2 rings (SSSR count). The minimum Gasteiger partial charge on any atom is -0.197 e. The van der Waals surface area contributed by atoms with E-state index >= 15 is 0 Å². The van der Waals surface area contributed by atoms with Crippen LogP contribution in [0.25, 0.3) is 5.69 Å². The molecule has 0 aliphatic carbocycles. The highest BCUT2D eigenvalue weighted by atomic mass is 15.5. The first-order chi connectivity index (χ1) is 9.35. The molecule has 0 aliphatic rings. The van der Waals surface area contributed by atoms with Crippen molar-refractivity contribution in [2.45, 2.75) is 45.4 Å². The Kier molecular flexibility index (Phi) is 5.07. The van der Waals surface area contributed by atoms with E-state index in [-0.39, 0.29) is 0 Å². The van der Waals surface area contributed by atoms with Gasteiger partial charge in [0.25, 0.3) is 0 Å². The highest BCUT2D eigenvalue weighted by molar-refractivity contribution is 5.35. The minimum atomic E-state index is 0.780. The summed E-state index contributed by atoms with van der Waals surface area (Å²) in [6, 6.07) is 8.23. The van der Waals surface area contributed by atoms with Crippen LogP contribution in [0.3, 0.4) is 0 Å². The molecule has 0 saturated carbocycles. The van der Waals surface area contributed by atoms with Crippen LogP contribution in [0.4, 0.5) is 0 Å². The van der Waals surface area contributed by atoms with Crippen molar-refractivity contribution in [3.05, 3.63) is 42.6 Å². The van der Waals surface area contributed by atoms with Crippen LogP contribution < -0.4 is 0 Å². The van der Waals surface area contributed by atoms with Gasteiger partial charge in [0, 0.05) is 6.42 Å². The Morgan fingerprint density at radius 1 is 1.21 bits per heavy atom. The fourth-order valence-electron chi connectivity index (χ4n) is 2.12. The quantitative estimate of drug-likeness (QED) is 0.716. The highest BCUT2D eigenvalue weighted by Gasteiger charge is 2.08. The summed E-state index contributed by atoms with van der Waals surface area (Å²) < 4.78 is 1.84. The van der Waals surface area contributed by atoms with Gasteiger partial charge in [0.2, 0.25) is 0 Å². The SMILES string of the molecule is [CH2]Cc1cccc(-n2nnnc2CCCCCC)c1. The molecule has 2 aromatic rings. The van der Waals surface area contributed by atoms with E-state index < -0.39 is 0 Å². The summed E-state index contributed by atoms with van der Waals surface area (Å²) in [5.41, 5.74) is 2.22. The number of unbranched alkanes of at least 4 members (excludes halogenated alkanes) is 3. The smallest absolute Gasteiger partial charge is 0.156 e. The molecule has 0 unspecified atom stereocenters.